The lowest BCUT2D eigenvalue weighted by Crippen LogP contribution is -2.20. The fraction of sp³-hybridized carbons (Fsp3) is 0.143. The summed E-state index contributed by atoms with van der Waals surface area (Å²) >= 11 is 0. The average molecular weight is 324 g/mol. The van der Waals surface area contributed by atoms with Crippen LogP contribution in [0.5, 0.6) is 0 Å². The van der Waals surface area contributed by atoms with E-state index in [2.05, 4.69) is 0 Å². The highest BCUT2D eigenvalue weighted by Crippen LogP contribution is 2.23. The predicted octanol–water partition coefficient (Wildman–Crippen LogP) is 1.86. The SMILES string of the molecule is O=S1(=O)C=CC(OS(=O)(=O)c2ccc3ccccc3c2)C1. The van der Waals surface area contributed by atoms with Gasteiger partial charge in [-0.15, -0.1) is 0 Å². The monoisotopic (exact) mass is 324 g/mol. The van der Waals surface area contributed by atoms with Gasteiger partial charge in [-0.25, -0.2) is 8.42 Å². The summed E-state index contributed by atoms with van der Waals surface area (Å²) in [6, 6.07) is 12.0. The standard InChI is InChI=1S/C14H12O5S2/c15-20(16)8-7-13(10-20)19-21(17,18)14-6-5-11-3-1-2-4-12(11)9-14/h1-9,13H,10H2. The maximum atomic E-state index is 12.2. The number of hydrogen-bond donors (Lipinski definition) is 0. The van der Waals surface area contributed by atoms with E-state index in [9.17, 15) is 16.8 Å². The fourth-order valence-electron chi connectivity index (χ4n) is 2.15. The first-order chi connectivity index (χ1) is 9.86. The Morgan fingerprint density at radius 1 is 1.05 bits per heavy atom. The topological polar surface area (TPSA) is 77.5 Å². The van der Waals surface area contributed by atoms with Crippen molar-refractivity contribution in [2.24, 2.45) is 0 Å². The molecule has 0 radical (unpaired) electrons. The third kappa shape index (κ3) is 2.99. The Morgan fingerprint density at radius 2 is 1.76 bits per heavy atom. The predicted molar refractivity (Wildman–Crippen MR) is 78.9 cm³/mol. The first kappa shape index (κ1) is 14.2. The molecule has 0 saturated carbocycles. The molecule has 3 rings (SSSR count). The molecular weight excluding hydrogens is 312 g/mol. The van der Waals surface area contributed by atoms with Gasteiger partial charge in [-0.3, -0.25) is 4.18 Å². The van der Waals surface area contributed by atoms with Crippen molar-refractivity contribution in [3.63, 3.8) is 0 Å². The van der Waals surface area contributed by atoms with Crippen molar-refractivity contribution >= 4 is 30.7 Å². The first-order valence-corrected chi connectivity index (χ1v) is 9.31. The van der Waals surface area contributed by atoms with E-state index in [0.29, 0.717) is 0 Å². The second kappa shape index (κ2) is 4.94. The minimum absolute atomic E-state index is 0.0129. The zero-order chi connectivity index (χ0) is 15.1. The van der Waals surface area contributed by atoms with Gasteiger partial charge in [0.15, 0.2) is 9.84 Å². The van der Waals surface area contributed by atoms with E-state index in [1.165, 1.54) is 18.2 Å². The van der Waals surface area contributed by atoms with Gasteiger partial charge in [0, 0.05) is 5.41 Å². The molecule has 2 aromatic rings. The number of benzene rings is 2. The van der Waals surface area contributed by atoms with Gasteiger partial charge in [-0.1, -0.05) is 30.3 Å². The van der Waals surface area contributed by atoms with E-state index >= 15 is 0 Å². The average Bonchev–Trinajstić information content (AvgIpc) is 2.76. The van der Waals surface area contributed by atoms with Gasteiger partial charge < -0.3 is 0 Å². The normalized spacial score (nSPS) is 20.9. The summed E-state index contributed by atoms with van der Waals surface area (Å²) in [5, 5.41) is 2.67. The third-order valence-electron chi connectivity index (χ3n) is 3.16. The van der Waals surface area contributed by atoms with Crippen LogP contribution in [0.4, 0.5) is 0 Å². The smallest absolute Gasteiger partial charge is 0.258 e. The molecular formula is C14H12O5S2. The van der Waals surface area contributed by atoms with Crippen LogP contribution >= 0.6 is 0 Å². The number of sulfone groups is 1. The first-order valence-electron chi connectivity index (χ1n) is 6.19. The van der Waals surface area contributed by atoms with Gasteiger partial charge in [0.05, 0.1) is 10.6 Å². The van der Waals surface area contributed by atoms with Crippen LogP contribution in [-0.2, 0) is 24.1 Å². The molecule has 2 aromatic carbocycles. The lowest BCUT2D eigenvalue weighted by atomic mass is 10.1. The van der Waals surface area contributed by atoms with E-state index in [0.717, 1.165) is 16.2 Å². The molecule has 0 fully saturated rings. The molecule has 1 unspecified atom stereocenters. The summed E-state index contributed by atoms with van der Waals surface area (Å²) < 4.78 is 51.9. The third-order valence-corrected chi connectivity index (χ3v) is 5.85. The molecule has 0 aliphatic carbocycles. The lowest BCUT2D eigenvalue weighted by molar-refractivity contribution is 0.279. The molecule has 1 atom stereocenters. The summed E-state index contributed by atoms with van der Waals surface area (Å²) in [5.74, 6) is -0.347. The molecule has 0 saturated heterocycles. The Labute approximate surface area is 122 Å². The molecule has 0 amide bonds. The number of hydrogen-bond acceptors (Lipinski definition) is 5. The van der Waals surface area contributed by atoms with Crippen LogP contribution in [0.2, 0.25) is 0 Å². The van der Waals surface area contributed by atoms with Crippen LogP contribution in [0.1, 0.15) is 0 Å². The van der Waals surface area contributed by atoms with E-state index < -0.39 is 26.1 Å². The van der Waals surface area contributed by atoms with Crippen LogP contribution in [0.25, 0.3) is 10.8 Å². The van der Waals surface area contributed by atoms with Crippen molar-refractivity contribution in [3.05, 3.63) is 53.9 Å². The Bertz CT molecular complexity index is 927. The highest BCUT2D eigenvalue weighted by Gasteiger charge is 2.28. The number of rotatable bonds is 3. The summed E-state index contributed by atoms with van der Waals surface area (Å²) in [6.45, 7) is 0. The summed E-state index contributed by atoms with van der Waals surface area (Å²) in [7, 11) is -7.36. The van der Waals surface area contributed by atoms with Gasteiger partial charge in [-0.2, -0.15) is 8.42 Å². The largest absolute Gasteiger partial charge is 0.297 e. The van der Waals surface area contributed by atoms with Gasteiger partial charge in [-0.05, 0) is 29.0 Å². The maximum Gasteiger partial charge on any atom is 0.297 e. The lowest BCUT2D eigenvalue weighted by Gasteiger charge is -2.10. The zero-order valence-corrected chi connectivity index (χ0v) is 12.5. The van der Waals surface area contributed by atoms with Crippen molar-refractivity contribution in [3.8, 4) is 0 Å². The molecule has 0 aromatic heterocycles. The van der Waals surface area contributed by atoms with Crippen LogP contribution in [-0.4, -0.2) is 28.7 Å². The van der Waals surface area contributed by atoms with Gasteiger partial charge >= 0.3 is 0 Å². The quantitative estimate of drug-likeness (QED) is 0.805. The Hall–Kier alpha value is -1.70. The number of fused-ring (bicyclic) bond motifs is 1. The van der Waals surface area contributed by atoms with Crippen LogP contribution < -0.4 is 0 Å². The Balaban J connectivity index is 1.92. The molecule has 1 aliphatic heterocycles. The van der Waals surface area contributed by atoms with Crippen molar-refractivity contribution in [1.29, 1.82) is 0 Å². The maximum absolute atomic E-state index is 12.2. The highest BCUT2D eigenvalue weighted by atomic mass is 32.2. The fourth-order valence-corrected chi connectivity index (χ4v) is 4.47. The van der Waals surface area contributed by atoms with Crippen LogP contribution in [0, 0.1) is 0 Å². The Kier molecular flexibility index (Phi) is 3.35. The van der Waals surface area contributed by atoms with E-state index in [-0.39, 0.29) is 10.6 Å². The minimum Gasteiger partial charge on any atom is -0.258 e. The molecule has 0 spiro atoms. The summed E-state index contributed by atoms with van der Waals surface area (Å²) in [6.07, 6.45) is 0.278. The van der Waals surface area contributed by atoms with E-state index in [1.54, 1.807) is 12.1 Å². The van der Waals surface area contributed by atoms with Crippen molar-refractivity contribution in [1.82, 2.24) is 0 Å². The molecule has 7 heteroatoms. The van der Waals surface area contributed by atoms with Crippen LogP contribution in [0.3, 0.4) is 0 Å². The van der Waals surface area contributed by atoms with E-state index in [1.807, 2.05) is 18.2 Å². The molecule has 110 valence electrons. The molecule has 1 heterocycles. The summed E-state index contributed by atoms with van der Waals surface area (Å²) in [5.41, 5.74) is 0. The van der Waals surface area contributed by atoms with Crippen molar-refractivity contribution in [2.45, 2.75) is 11.0 Å². The van der Waals surface area contributed by atoms with Gasteiger partial charge in [0.2, 0.25) is 0 Å². The van der Waals surface area contributed by atoms with Gasteiger partial charge in [0.25, 0.3) is 10.1 Å². The Morgan fingerprint density at radius 3 is 2.43 bits per heavy atom. The van der Waals surface area contributed by atoms with Crippen LogP contribution in [0.15, 0.2) is 58.8 Å². The molecule has 21 heavy (non-hydrogen) atoms. The second-order valence-electron chi connectivity index (χ2n) is 4.76. The van der Waals surface area contributed by atoms with Crippen molar-refractivity contribution < 1.29 is 21.0 Å². The highest BCUT2D eigenvalue weighted by molar-refractivity contribution is 7.94. The molecule has 0 bridgehead atoms. The van der Waals surface area contributed by atoms with Gasteiger partial charge in [0.1, 0.15) is 6.10 Å². The molecule has 0 N–H and O–H groups in total. The van der Waals surface area contributed by atoms with Crippen molar-refractivity contribution in [2.75, 3.05) is 5.75 Å². The molecule has 5 nitrogen and oxygen atoms in total. The zero-order valence-electron chi connectivity index (χ0n) is 10.8. The molecule has 1 aliphatic rings. The minimum atomic E-state index is -4.00. The second-order valence-corrected chi connectivity index (χ2v) is 8.26. The van der Waals surface area contributed by atoms with E-state index in [4.69, 9.17) is 4.18 Å². The summed E-state index contributed by atoms with van der Waals surface area (Å²) in [4.78, 5) is 0.0129.